The van der Waals surface area contributed by atoms with Crippen LogP contribution in [0.15, 0.2) is 0 Å². The molecule has 5 heteroatoms. The molecule has 0 spiro atoms. The molecule has 17 heavy (non-hydrogen) atoms. The van der Waals surface area contributed by atoms with Crippen LogP contribution in [0.2, 0.25) is 0 Å². The highest BCUT2D eigenvalue weighted by atomic mass is 32.1. The number of hydrogen-bond donors (Lipinski definition) is 2. The third kappa shape index (κ3) is 3.77. The number of ether oxygens (including phenoxy) is 1. The zero-order chi connectivity index (χ0) is 13.0. The summed E-state index contributed by atoms with van der Waals surface area (Å²) >= 11 is 1.37. The van der Waals surface area contributed by atoms with E-state index in [2.05, 4.69) is 30.5 Å². The van der Waals surface area contributed by atoms with E-state index in [1.54, 1.807) is 0 Å². The fraction of sp³-hybridized carbons (Fsp3) is 0.750. The quantitative estimate of drug-likeness (QED) is 0.820. The summed E-state index contributed by atoms with van der Waals surface area (Å²) in [7, 11) is 0. The highest BCUT2D eigenvalue weighted by Crippen LogP contribution is 2.37. The molecule has 0 amide bonds. The molecule has 4 nitrogen and oxygen atoms in total. The van der Waals surface area contributed by atoms with Gasteiger partial charge in [-0.25, -0.2) is 0 Å². The van der Waals surface area contributed by atoms with E-state index in [0.717, 1.165) is 11.4 Å². The molecule has 0 bridgehead atoms. The van der Waals surface area contributed by atoms with E-state index in [0.29, 0.717) is 23.5 Å². The minimum absolute atomic E-state index is 0.105. The number of hydrogen-bond acceptors (Lipinski definition) is 5. The smallest absolute Gasteiger partial charge is 0.197 e. The molecule has 1 aromatic rings. The average molecular weight is 257 g/mol. The maximum Gasteiger partial charge on any atom is 0.197 e. The van der Waals surface area contributed by atoms with Crippen LogP contribution < -0.4 is 15.8 Å². The largest absolute Gasteiger partial charge is 0.484 e. The van der Waals surface area contributed by atoms with E-state index in [4.69, 9.17) is 10.5 Å². The minimum Gasteiger partial charge on any atom is -0.484 e. The molecule has 0 saturated heterocycles. The lowest BCUT2D eigenvalue weighted by atomic mass is 10.0. The molecular formula is C12H23N3OS. The summed E-state index contributed by atoms with van der Waals surface area (Å²) in [6.45, 7) is 10.6. The van der Waals surface area contributed by atoms with Gasteiger partial charge in [0, 0.05) is 6.04 Å². The summed E-state index contributed by atoms with van der Waals surface area (Å²) in [4.78, 5) is 0. The van der Waals surface area contributed by atoms with Crippen LogP contribution in [0.3, 0.4) is 0 Å². The van der Waals surface area contributed by atoms with Gasteiger partial charge < -0.3 is 15.8 Å². The Morgan fingerprint density at radius 1 is 1.35 bits per heavy atom. The second-order valence-corrected chi connectivity index (χ2v) is 5.57. The number of aromatic nitrogens is 1. The van der Waals surface area contributed by atoms with Crippen molar-refractivity contribution in [2.75, 3.05) is 11.1 Å². The highest BCUT2D eigenvalue weighted by molar-refractivity contribution is 7.11. The van der Waals surface area contributed by atoms with Gasteiger partial charge in [-0.2, -0.15) is 4.37 Å². The van der Waals surface area contributed by atoms with Crippen molar-refractivity contribution < 1.29 is 4.74 Å². The van der Waals surface area contributed by atoms with Crippen LogP contribution >= 0.6 is 11.5 Å². The van der Waals surface area contributed by atoms with Crippen molar-refractivity contribution >= 4 is 22.4 Å². The molecule has 1 unspecified atom stereocenters. The van der Waals surface area contributed by atoms with E-state index in [1.165, 1.54) is 11.5 Å². The summed E-state index contributed by atoms with van der Waals surface area (Å²) in [5.41, 5.74) is 5.82. The number of nitrogens with one attached hydrogen (secondary N) is 1. The second kappa shape index (κ2) is 6.10. The van der Waals surface area contributed by atoms with Crippen LogP contribution in [0.25, 0.3) is 0 Å². The molecule has 0 saturated carbocycles. The van der Waals surface area contributed by atoms with Gasteiger partial charge in [-0.3, -0.25) is 0 Å². The lowest BCUT2D eigenvalue weighted by Crippen LogP contribution is -2.24. The van der Waals surface area contributed by atoms with Crippen LogP contribution in [-0.4, -0.2) is 16.5 Å². The molecule has 0 fully saturated rings. The Balaban J connectivity index is 2.83. The predicted molar refractivity (Wildman–Crippen MR) is 74.8 cm³/mol. The Morgan fingerprint density at radius 3 is 2.47 bits per heavy atom. The first-order valence-electron chi connectivity index (χ1n) is 6.14. The normalized spacial score (nSPS) is 13.1. The fourth-order valence-electron chi connectivity index (χ4n) is 1.64. The summed E-state index contributed by atoms with van der Waals surface area (Å²) < 4.78 is 9.85. The van der Waals surface area contributed by atoms with Crippen LogP contribution in [0.5, 0.6) is 5.75 Å². The lowest BCUT2D eigenvalue weighted by Gasteiger charge is -2.21. The van der Waals surface area contributed by atoms with Crippen molar-refractivity contribution in [1.82, 2.24) is 4.37 Å². The van der Waals surface area contributed by atoms with Gasteiger partial charge in [0.1, 0.15) is 0 Å². The van der Waals surface area contributed by atoms with E-state index >= 15 is 0 Å². The number of nitrogen functional groups attached to an aromatic ring is 1. The van der Waals surface area contributed by atoms with Gasteiger partial charge in [-0.15, -0.1) is 0 Å². The zero-order valence-electron chi connectivity index (χ0n) is 11.3. The van der Waals surface area contributed by atoms with Gasteiger partial charge in [-0.05, 0) is 37.7 Å². The molecule has 0 aromatic carbocycles. The van der Waals surface area contributed by atoms with Gasteiger partial charge in [0.2, 0.25) is 0 Å². The molecular weight excluding hydrogens is 234 g/mol. The first kappa shape index (κ1) is 14.1. The van der Waals surface area contributed by atoms with E-state index < -0.39 is 0 Å². The van der Waals surface area contributed by atoms with E-state index in [1.807, 2.05) is 13.8 Å². The van der Waals surface area contributed by atoms with Gasteiger partial charge in [0.05, 0.1) is 6.10 Å². The topological polar surface area (TPSA) is 60.2 Å². The van der Waals surface area contributed by atoms with Crippen LogP contribution in [0.4, 0.5) is 10.8 Å². The molecule has 98 valence electrons. The Kier molecular flexibility index (Phi) is 5.05. The number of nitrogens with zero attached hydrogens (tertiary/aromatic N) is 1. The first-order valence-corrected chi connectivity index (χ1v) is 6.91. The third-order valence-corrected chi connectivity index (χ3v) is 3.36. The van der Waals surface area contributed by atoms with Crippen molar-refractivity contribution in [2.24, 2.45) is 5.92 Å². The van der Waals surface area contributed by atoms with Gasteiger partial charge in [0.15, 0.2) is 16.6 Å². The van der Waals surface area contributed by atoms with Gasteiger partial charge in [0.25, 0.3) is 0 Å². The summed E-state index contributed by atoms with van der Waals surface area (Å²) in [5.74, 6) is 1.74. The molecule has 1 heterocycles. The Labute approximate surface area is 108 Å². The summed E-state index contributed by atoms with van der Waals surface area (Å²) in [6, 6.07) is 0.421. The van der Waals surface area contributed by atoms with Crippen molar-refractivity contribution in [3.63, 3.8) is 0 Å². The van der Waals surface area contributed by atoms with Crippen molar-refractivity contribution in [3.8, 4) is 5.75 Å². The number of anilines is 2. The standard InChI is InChI=1S/C12H23N3OS/c1-6-9(7(2)3)14-12-10(16-8(4)5)11(13)15-17-12/h7-9,14H,6H2,1-5H3,(H2,13,15). The summed E-state index contributed by atoms with van der Waals surface area (Å²) in [5, 5.41) is 4.42. The average Bonchev–Trinajstić information content (AvgIpc) is 2.56. The predicted octanol–water partition coefficient (Wildman–Crippen LogP) is 3.36. The molecule has 1 rings (SSSR count). The van der Waals surface area contributed by atoms with Crippen LogP contribution in [0, 0.1) is 5.92 Å². The lowest BCUT2D eigenvalue weighted by molar-refractivity contribution is 0.245. The van der Waals surface area contributed by atoms with Gasteiger partial charge in [-0.1, -0.05) is 20.8 Å². The molecule has 1 aromatic heterocycles. The van der Waals surface area contributed by atoms with Crippen molar-refractivity contribution in [1.29, 1.82) is 0 Å². The molecule has 0 aliphatic carbocycles. The Bertz CT molecular complexity index is 350. The number of nitrogens with two attached hydrogens (primary N) is 1. The molecule has 0 radical (unpaired) electrons. The third-order valence-electron chi connectivity index (χ3n) is 2.59. The van der Waals surface area contributed by atoms with Gasteiger partial charge >= 0.3 is 0 Å². The van der Waals surface area contributed by atoms with Crippen LogP contribution in [-0.2, 0) is 0 Å². The van der Waals surface area contributed by atoms with E-state index in [9.17, 15) is 0 Å². The second-order valence-electron chi connectivity index (χ2n) is 4.80. The summed E-state index contributed by atoms with van der Waals surface area (Å²) in [6.07, 6.45) is 1.17. The minimum atomic E-state index is 0.105. The maximum absolute atomic E-state index is 5.82. The highest BCUT2D eigenvalue weighted by Gasteiger charge is 2.18. The fourth-order valence-corrected chi connectivity index (χ4v) is 2.36. The SMILES string of the molecule is CCC(Nc1snc(N)c1OC(C)C)C(C)C. The maximum atomic E-state index is 5.82. The molecule has 0 aliphatic heterocycles. The van der Waals surface area contributed by atoms with E-state index in [-0.39, 0.29) is 6.10 Å². The molecule has 3 N–H and O–H groups in total. The first-order chi connectivity index (χ1) is 7.95. The Morgan fingerprint density at radius 2 is 2.00 bits per heavy atom. The Hall–Kier alpha value is -0.970. The van der Waals surface area contributed by atoms with Crippen LogP contribution in [0.1, 0.15) is 41.0 Å². The zero-order valence-corrected chi connectivity index (χ0v) is 12.1. The van der Waals surface area contributed by atoms with Crippen molar-refractivity contribution in [2.45, 2.75) is 53.2 Å². The monoisotopic (exact) mass is 257 g/mol. The number of rotatable bonds is 6. The molecule has 1 atom stereocenters. The van der Waals surface area contributed by atoms with Crippen molar-refractivity contribution in [3.05, 3.63) is 0 Å². The molecule has 0 aliphatic rings.